The van der Waals surface area contributed by atoms with Crippen LogP contribution in [-0.2, 0) is 11.2 Å². The summed E-state index contributed by atoms with van der Waals surface area (Å²) >= 11 is 3.42. The first-order chi connectivity index (χ1) is 10.6. The van der Waals surface area contributed by atoms with Crippen LogP contribution in [0.3, 0.4) is 0 Å². The summed E-state index contributed by atoms with van der Waals surface area (Å²) in [5, 5.41) is 3.90. The molecule has 0 aliphatic heterocycles. The molecule has 0 saturated heterocycles. The van der Waals surface area contributed by atoms with E-state index < -0.39 is 0 Å². The van der Waals surface area contributed by atoms with Crippen LogP contribution in [0.1, 0.15) is 11.1 Å². The quantitative estimate of drug-likeness (QED) is 0.633. The fraction of sp³-hybridized carbons (Fsp3) is 0.176. The Balaban J connectivity index is 1.72. The molecule has 0 aliphatic carbocycles. The van der Waals surface area contributed by atoms with Gasteiger partial charge >= 0.3 is 0 Å². The van der Waals surface area contributed by atoms with Crippen molar-refractivity contribution >= 4 is 28.1 Å². The number of carbonyl (C=O) groups is 1. The molecular weight excluding hydrogens is 344 g/mol. The minimum atomic E-state index is -0.287. The molecule has 0 aliphatic rings. The first-order valence-corrected chi connectivity index (χ1v) is 7.67. The summed E-state index contributed by atoms with van der Waals surface area (Å²) in [5.74, 6) is 0.369. The largest absolute Gasteiger partial charge is 0.484 e. The van der Waals surface area contributed by atoms with Crippen molar-refractivity contribution < 1.29 is 9.53 Å². The van der Waals surface area contributed by atoms with Gasteiger partial charge in [0.15, 0.2) is 6.61 Å². The number of nitrogens with one attached hydrogen (secondary N) is 1. The molecule has 0 unspecified atom stereocenters. The normalized spacial score (nSPS) is 10.6. The van der Waals surface area contributed by atoms with Gasteiger partial charge in [0.25, 0.3) is 5.91 Å². The zero-order chi connectivity index (χ0) is 15.8. The first-order valence-electron chi connectivity index (χ1n) is 6.88. The summed E-state index contributed by atoms with van der Waals surface area (Å²) in [4.78, 5) is 11.6. The van der Waals surface area contributed by atoms with E-state index >= 15 is 0 Å². The number of rotatable bonds is 6. The molecular formula is C17H17BrN2O2. The summed E-state index contributed by atoms with van der Waals surface area (Å²) in [5.41, 5.74) is 4.64. The molecule has 1 N–H and O–H groups in total. The number of ether oxygens (including phenoxy) is 1. The Morgan fingerprint density at radius 3 is 2.77 bits per heavy atom. The predicted molar refractivity (Wildman–Crippen MR) is 91.2 cm³/mol. The van der Waals surface area contributed by atoms with Crippen LogP contribution in [-0.4, -0.2) is 18.7 Å². The van der Waals surface area contributed by atoms with Gasteiger partial charge in [0, 0.05) is 17.1 Å². The Hall–Kier alpha value is -2.14. The number of hydrogen-bond acceptors (Lipinski definition) is 3. The molecule has 2 aromatic rings. The van der Waals surface area contributed by atoms with E-state index in [9.17, 15) is 4.79 Å². The van der Waals surface area contributed by atoms with E-state index in [1.54, 1.807) is 6.21 Å². The third kappa shape index (κ3) is 5.33. The maximum atomic E-state index is 11.6. The number of carbonyl (C=O) groups excluding carboxylic acids is 1. The lowest BCUT2D eigenvalue weighted by Gasteiger charge is -2.06. The number of hydrazone groups is 1. The number of amides is 1. The molecule has 0 aromatic heterocycles. The second-order valence-electron chi connectivity index (χ2n) is 4.74. The van der Waals surface area contributed by atoms with Crippen LogP contribution in [0, 0.1) is 6.92 Å². The van der Waals surface area contributed by atoms with Crippen molar-refractivity contribution in [2.75, 3.05) is 6.61 Å². The Morgan fingerprint density at radius 2 is 2.05 bits per heavy atom. The molecule has 0 saturated carbocycles. The summed E-state index contributed by atoms with van der Waals surface area (Å²) in [6.07, 6.45) is 2.34. The standard InChI is InChI=1S/C17H17BrN2O2/c1-13-11-15(7-8-16(13)18)22-12-17(21)20-19-10-9-14-5-3-2-4-6-14/h2-8,10-11H,9,12H2,1H3,(H,20,21). The molecule has 0 bridgehead atoms. The summed E-state index contributed by atoms with van der Waals surface area (Å²) in [7, 11) is 0. The van der Waals surface area contributed by atoms with Gasteiger partial charge < -0.3 is 4.74 Å². The molecule has 0 radical (unpaired) electrons. The molecule has 0 atom stereocenters. The lowest BCUT2D eigenvalue weighted by Crippen LogP contribution is -2.24. The summed E-state index contributed by atoms with van der Waals surface area (Å²) in [6, 6.07) is 15.5. The average molecular weight is 361 g/mol. The Labute approximate surface area is 138 Å². The van der Waals surface area contributed by atoms with Crippen molar-refractivity contribution in [2.45, 2.75) is 13.3 Å². The van der Waals surface area contributed by atoms with E-state index in [1.165, 1.54) is 0 Å². The first kappa shape index (κ1) is 16.2. The molecule has 22 heavy (non-hydrogen) atoms. The lowest BCUT2D eigenvalue weighted by atomic mass is 10.2. The molecule has 2 rings (SSSR count). The third-order valence-electron chi connectivity index (χ3n) is 2.95. The number of aryl methyl sites for hydroxylation is 1. The molecule has 2 aromatic carbocycles. The highest BCUT2D eigenvalue weighted by Gasteiger charge is 2.02. The molecule has 0 heterocycles. The fourth-order valence-electron chi connectivity index (χ4n) is 1.77. The topological polar surface area (TPSA) is 50.7 Å². The van der Waals surface area contributed by atoms with Gasteiger partial charge in [-0.05, 0) is 36.2 Å². The second-order valence-corrected chi connectivity index (χ2v) is 5.59. The average Bonchev–Trinajstić information content (AvgIpc) is 2.54. The number of hydrogen-bond donors (Lipinski definition) is 1. The van der Waals surface area contributed by atoms with Crippen LogP contribution in [0.4, 0.5) is 0 Å². The lowest BCUT2D eigenvalue weighted by molar-refractivity contribution is -0.123. The molecule has 114 valence electrons. The maximum Gasteiger partial charge on any atom is 0.277 e. The van der Waals surface area contributed by atoms with Gasteiger partial charge in [0.1, 0.15) is 5.75 Å². The fourth-order valence-corrected chi connectivity index (χ4v) is 2.02. The van der Waals surface area contributed by atoms with Crippen LogP contribution < -0.4 is 10.2 Å². The van der Waals surface area contributed by atoms with Crippen LogP contribution in [0.15, 0.2) is 58.1 Å². The predicted octanol–water partition coefficient (Wildman–Crippen LogP) is 3.48. The van der Waals surface area contributed by atoms with E-state index in [0.717, 1.165) is 15.6 Å². The van der Waals surface area contributed by atoms with Crippen LogP contribution in [0.25, 0.3) is 0 Å². The van der Waals surface area contributed by atoms with Crippen molar-refractivity contribution in [3.8, 4) is 5.75 Å². The van der Waals surface area contributed by atoms with Crippen molar-refractivity contribution in [1.29, 1.82) is 0 Å². The second kappa shape index (κ2) is 8.34. The molecule has 4 nitrogen and oxygen atoms in total. The Bertz CT molecular complexity index is 657. The Morgan fingerprint density at radius 1 is 1.27 bits per heavy atom. The number of benzene rings is 2. The van der Waals surface area contributed by atoms with Gasteiger partial charge in [-0.3, -0.25) is 4.79 Å². The minimum absolute atomic E-state index is 0.0657. The van der Waals surface area contributed by atoms with E-state index in [2.05, 4.69) is 26.5 Å². The zero-order valence-corrected chi connectivity index (χ0v) is 13.8. The Kier molecular flexibility index (Phi) is 6.15. The van der Waals surface area contributed by atoms with Gasteiger partial charge in [0.2, 0.25) is 0 Å². The summed E-state index contributed by atoms with van der Waals surface area (Å²) in [6.45, 7) is 1.90. The van der Waals surface area contributed by atoms with Crippen LogP contribution in [0.5, 0.6) is 5.75 Å². The molecule has 1 amide bonds. The van der Waals surface area contributed by atoms with Gasteiger partial charge in [0.05, 0.1) is 0 Å². The van der Waals surface area contributed by atoms with E-state index in [4.69, 9.17) is 4.74 Å². The SMILES string of the molecule is Cc1cc(OCC(=O)NN=CCc2ccccc2)ccc1Br. The van der Waals surface area contributed by atoms with E-state index in [-0.39, 0.29) is 12.5 Å². The van der Waals surface area contributed by atoms with Crippen molar-refractivity contribution in [2.24, 2.45) is 5.10 Å². The molecule has 5 heteroatoms. The smallest absolute Gasteiger partial charge is 0.277 e. The van der Waals surface area contributed by atoms with Crippen LogP contribution >= 0.6 is 15.9 Å². The monoisotopic (exact) mass is 360 g/mol. The zero-order valence-electron chi connectivity index (χ0n) is 12.3. The van der Waals surface area contributed by atoms with Crippen molar-refractivity contribution in [1.82, 2.24) is 5.43 Å². The number of nitrogens with zero attached hydrogens (tertiary/aromatic N) is 1. The number of halogens is 1. The van der Waals surface area contributed by atoms with Crippen molar-refractivity contribution in [3.63, 3.8) is 0 Å². The maximum absolute atomic E-state index is 11.6. The highest BCUT2D eigenvalue weighted by Crippen LogP contribution is 2.21. The molecule has 0 spiro atoms. The molecule has 0 fully saturated rings. The van der Waals surface area contributed by atoms with Gasteiger partial charge in [-0.25, -0.2) is 5.43 Å². The third-order valence-corrected chi connectivity index (χ3v) is 3.84. The van der Waals surface area contributed by atoms with E-state index in [0.29, 0.717) is 12.2 Å². The van der Waals surface area contributed by atoms with E-state index in [1.807, 2.05) is 55.5 Å². The van der Waals surface area contributed by atoms with Gasteiger partial charge in [-0.1, -0.05) is 46.3 Å². The minimum Gasteiger partial charge on any atom is -0.484 e. The van der Waals surface area contributed by atoms with Crippen molar-refractivity contribution in [3.05, 3.63) is 64.1 Å². The highest BCUT2D eigenvalue weighted by molar-refractivity contribution is 9.10. The highest BCUT2D eigenvalue weighted by atomic mass is 79.9. The summed E-state index contributed by atoms with van der Waals surface area (Å²) < 4.78 is 6.42. The van der Waals surface area contributed by atoms with Gasteiger partial charge in [-0.15, -0.1) is 0 Å². The van der Waals surface area contributed by atoms with Gasteiger partial charge in [-0.2, -0.15) is 5.10 Å². The van der Waals surface area contributed by atoms with Crippen LogP contribution in [0.2, 0.25) is 0 Å².